The summed E-state index contributed by atoms with van der Waals surface area (Å²) in [6, 6.07) is 13.1. The second kappa shape index (κ2) is 6.90. The van der Waals surface area contributed by atoms with E-state index in [1.807, 2.05) is 6.07 Å². The maximum Gasteiger partial charge on any atom is 0.293 e. The lowest BCUT2D eigenvalue weighted by atomic mass is 10.2. The zero-order chi connectivity index (χ0) is 19.8. The molecule has 0 saturated heterocycles. The molecule has 2 heterocycles. The summed E-state index contributed by atoms with van der Waals surface area (Å²) in [5.41, 5.74) is 2.15. The van der Waals surface area contributed by atoms with Crippen LogP contribution in [0.3, 0.4) is 0 Å². The molecule has 0 fully saturated rings. The second-order valence-corrected chi connectivity index (χ2v) is 6.71. The van der Waals surface area contributed by atoms with Gasteiger partial charge in [-0.05, 0) is 30.7 Å². The first kappa shape index (κ1) is 17.9. The predicted molar refractivity (Wildman–Crippen MR) is 105 cm³/mol. The SMILES string of the molecule is Cc1nn(Cc2ccc([N+](=O)[O-])cc2)c(=O)c2c1cnn2-c1cccc(Cl)c1. The Bertz CT molecular complexity index is 1260. The molecule has 0 unspecified atom stereocenters. The van der Waals surface area contributed by atoms with E-state index < -0.39 is 4.92 Å². The van der Waals surface area contributed by atoms with Crippen LogP contribution < -0.4 is 5.56 Å². The number of halogens is 1. The number of hydrogen-bond acceptors (Lipinski definition) is 5. The van der Waals surface area contributed by atoms with Gasteiger partial charge in [-0.1, -0.05) is 29.8 Å². The number of non-ortho nitro benzene ring substituents is 1. The molecular formula is C19H14ClN5O3. The summed E-state index contributed by atoms with van der Waals surface area (Å²) in [5, 5.41) is 20.7. The maximum atomic E-state index is 13.1. The maximum absolute atomic E-state index is 13.1. The first-order chi connectivity index (χ1) is 13.4. The number of rotatable bonds is 4. The second-order valence-electron chi connectivity index (χ2n) is 6.27. The summed E-state index contributed by atoms with van der Waals surface area (Å²) in [6.07, 6.45) is 1.61. The van der Waals surface area contributed by atoms with Crippen molar-refractivity contribution in [1.29, 1.82) is 0 Å². The monoisotopic (exact) mass is 395 g/mol. The molecular weight excluding hydrogens is 382 g/mol. The van der Waals surface area contributed by atoms with Crippen LogP contribution in [0.4, 0.5) is 5.69 Å². The zero-order valence-corrected chi connectivity index (χ0v) is 15.5. The van der Waals surface area contributed by atoms with E-state index in [2.05, 4.69) is 10.2 Å². The summed E-state index contributed by atoms with van der Waals surface area (Å²) < 4.78 is 2.88. The van der Waals surface area contributed by atoms with Crippen molar-refractivity contribution >= 4 is 28.2 Å². The Morgan fingerprint density at radius 1 is 1.18 bits per heavy atom. The largest absolute Gasteiger partial charge is 0.293 e. The third-order valence-corrected chi connectivity index (χ3v) is 4.63. The van der Waals surface area contributed by atoms with Crippen molar-refractivity contribution in [2.24, 2.45) is 0 Å². The van der Waals surface area contributed by atoms with Gasteiger partial charge in [0.1, 0.15) is 5.52 Å². The molecule has 0 saturated carbocycles. The van der Waals surface area contributed by atoms with E-state index in [0.29, 0.717) is 27.3 Å². The van der Waals surface area contributed by atoms with Crippen LogP contribution >= 0.6 is 11.6 Å². The van der Waals surface area contributed by atoms with Crippen molar-refractivity contribution in [3.8, 4) is 5.69 Å². The summed E-state index contributed by atoms with van der Waals surface area (Å²) >= 11 is 6.07. The van der Waals surface area contributed by atoms with E-state index in [1.54, 1.807) is 48.1 Å². The van der Waals surface area contributed by atoms with E-state index in [1.165, 1.54) is 16.8 Å². The van der Waals surface area contributed by atoms with Gasteiger partial charge < -0.3 is 0 Å². The van der Waals surface area contributed by atoms with Gasteiger partial charge in [0.2, 0.25) is 0 Å². The number of hydrogen-bond donors (Lipinski definition) is 0. The Morgan fingerprint density at radius 2 is 1.93 bits per heavy atom. The van der Waals surface area contributed by atoms with E-state index in [0.717, 1.165) is 5.56 Å². The van der Waals surface area contributed by atoms with Gasteiger partial charge in [0.25, 0.3) is 11.2 Å². The fourth-order valence-electron chi connectivity index (χ4n) is 3.03. The molecule has 4 rings (SSSR count). The number of nitro groups is 1. The number of nitrogens with zero attached hydrogens (tertiary/aromatic N) is 5. The van der Waals surface area contributed by atoms with Crippen LogP contribution in [0.25, 0.3) is 16.6 Å². The Morgan fingerprint density at radius 3 is 2.61 bits per heavy atom. The molecule has 8 nitrogen and oxygen atoms in total. The average molecular weight is 396 g/mol. The minimum atomic E-state index is -0.464. The van der Waals surface area contributed by atoms with E-state index >= 15 is 0 Å². The lowest BCUT2D eigenvalue weighted by molar-refractivity contribution is -0.384. The average Bonchev–Trinajstić information content (AvgIpc) is 3.12. The van der Waals surface area contributed by atoms with Crippen LogP contribution in [-0.4, -0.2) is 24.5 Å². The molecule has 0 atom stereocenters. The highest BCUT2D eigenvalue weighted by molar-refractivity contribution is 6.30. The lowest BCUT2D eigenvalue weighted by Gasteiger charge is -2.09. The standard InChI is InChI=1S/C19H14ClN5O3/c1-12-17-10-21-24(16-4-2-3-14(20)9-16)18(17)19(26)23(22-12)11-13-5-7-15(8-6-13)25(27)28/h2-10H,11H2,1H3. The van der Waals surface area contributed by atoms with Gasteiger partial charge in [0.15, 0.2) is 0 Å². The van der Waals surface area contributed by atoms with Crippen molar-refractivity contribution < 1.29 is 4.92 Å². The van der Waals surface area contributed by atoms with E-state index in [4.69, 9.17) is 11.6 Å². The highest BCUT2D eigenvalue weighted by atomic mass is 35.5. The molecule has 0 aliphatic rings. The van der Waals surface area contributed by atoms with Crippen molar-refractivity contribution in [2.45, 2.75) is 13.5 Å². The highest BCUT2D eigenvalue weighted by Gasteiger charge is 2.15. The summed E-state index contributed by atoms with van der Waals surface area (Å²) in [5.74, 6) is 0. The fraction of sp³-hybridized carbons (Fsp3) is 0.105. The lowest BCUT2D eigenvalue weighted by Crippen LogP contribution is -2.26. The van der Waals surface area contributed by atoms with Crippen molar-refractivity contribution in [1.82, 2.24) is 19.6 Å². The van der Waals surface area contributed by atoms with Gasteiger partial charge in [-0.2, -0.15) is 10.2 Å². The van der Waals surface area contributed by atoms with Crippen molar-refractivity contribution in [2.75, 3.05) is 0 Å². The molecule has 9 heteroatoms. The molecule has 0 radical (unpaired) electrons. The molecule has 0 aliphatic carbocycles. The molecule has 0 spiro atoms. The Kier molecular flexibility index (Phi) is 4.40. The minimum absolute atomic E-state index is 0.00489. The Labute approximate surface area is 163 Å². The van der Waals surface area contributed by atoms with Crippen LogP contribution in [-0.2, 0) is 6.54 Å². The molecule has 4 aromatic rings. The summed E-state index contributed by atoms with van der Waals surface area (Å²) in [4.78, 5) is 23.4. The van der Waals surface area contributed by atoms with Crippen LogP contribution in [0.1, 0.15) is 11.3 Å². The normalized spacial score (nSPS) is 11.1. The third-order valence-electron chi connectivity index (χ3n) is 4.40. The predicted octanol–water partition coefficient (Wildman–Crippen LogP) is 3.50. The first-order valence-corrected chi connectivity index (χ1v) is 8.76. The van der Waals surface area contributed by atoms with E-state index in [-0.39, 0.29) is 17.8 Å². The smallest absolute Gasteiger partial charge is 0.265 e. The Balaban J connectivity index is 1.82. The summed E-state index contributed by atoms with van der Waals surface area (Å²) in [6.45, 7) is 1.99. The van der Waals surface area contributed by atoms with Crippen LogP contribution in [0.2, 0.25) is 5.02 Å². The molecule has 0 aliphatic heterocycles. The van der Waals surface area contributed by atoms with Gasteiger partial charge in [0.05, 0.1) is 29.0 Å². The summed E-state index contributed by atoms with van der Waals surface area (Å²) in [7, 11) is 0. The highest BCUT2D eigenvalue weighted by Crippen LogP contribution is 2.20. The topological polar surface area (TPSA) is 95.8 Å². The van der Waals surface area contributed by atoms with Gasteiger partial charge in [0, 0.05) is 22.5 Å². The third kappa shape index (κ3) is 3.14. The quantitative estimate of drug-likeness (QED) is 0.389. The molecule has 140 valence electrons. The van der Waals surface area contributed by atoms with Crippen LogP contribution in [0.15, 0.2) is 59.5 Å². The van der Waals surface area contributed by atoms with Crippen LogP contribution in [0.5, 0.6) is 0 Å². The van der Waals surface area contributed by atoms with Gasteiger partial charge >= 0.3 is 0 Å². The van der Waals surface area contributed by atoms with Gasteiger partial charge in [-0.25, -0.2) is 9.36 Å². The minimum Gasteiger partial charge on any atom is -0.265 e. The fourth-order valence-corrected chi connectivity index (χ4v) is 3.21. The first-order valence-electron chi connectivity index (χ1n) is 8.39. The van der Waals surface area contributed by atoms with E-state index in [9.17, 15) is 14.9 Å². The Hall–Kier alpha value is -3.52. The number of fused-ring (bicyclic) bond motifs is 1. The molecule has 0 bridgehead atoms. The van der Waals surface area contributed by atoms with Crippen molar-refractivity contribution in [3.63, 3.8) is 0 Å². The number of aryl methyl sites for hydroxylation is 1. The van der Waals surface area contributed by atoms with Crippen molar-refractivity contribution in [3.05, 3.63) is 91.5 Å². The molecule has 2 aromatic heterocycles. The molecule has 0 N–H and O–H groups in total. The number of nitro benzene ring substituents is 1. The number of benzene rings is 2. The van der Waals surface area contributed by atoms with Gasteiger partial charge in [-0.3, -0.25) is 14.9 Å². The molecule has 0 amide bonds. The van der Waals surface area contributed by atoms with Crippen LogP contribution in [0, 0.1) is 17.0 Å². The van der Waals surface area contributed by atoms with Gasteiger partial charge in [-0.15, -0.1) is 0 Å². The zero-order valence-electron chi connectivity index (χ0n) is 14.7. The number of aromatic nitrogens is 4. The molecule has 28 heavy (non-hydrogen) atoms. The molecule has 2 aromatic carbocycles.